The number of nitrogens with two attached hydrogens (primary N) is 1. The van der Waals surface area contributed by atoms with Crippen LogP contribution >= 0.6 is 27.5 Å². The Morgan fingerprint density at radius 1 is 1.11 bits per heavy atom. The molecule has 0 bridgehead atoms. The summed E-state index contributed by atoms with van der Waals surface area (Å²) < 4.78 is 2.95. The highest BCUT2D eigenvalue weighted by atomic mass is 79.9. The molecule has 0 spiro atoms. The number of carbonyl (C=O) groups excluding carboxylic acids is 2. The predicted octanol–water partition coefficient (Wildman–Crippen LogP) is 5.19. The van der Waals surface area contributed by atoms with E-state index in [1.165, 1.54) is 0 Å². The molecule has 0 atom stereocenters. The van der Waals surface area contributed by atoms with Gasteiger partial charge in [0.15, 0.2) is 0 Å². The zero-order valence-electron chi connectivity index (χ0n) is 20.4. The molecule has 1 aromatic heterocycles. The molecule has 9 heteroatoms. The number of nitrogens with zero attached hydrogens (tertiary/aromatic N) is 2. The number of rotatable bonds is 8. The molecule has 0 aliphatic heterocycles. The molecule has 3 aromatic carbocycles. The minimum absolute atomic E-state index is 0.0156. The summed E-state index contributed by atoms with van der Waals surface area (Å²) in [6.45, 7) is 0.801. The van der Waals surface area contributed by atoms with Gasteiger partial charge in [0.2, 0.25) is 5.91 Å². The zero-order chi connectivity index (χ0) is 26.2. The van der Waals surface area contributed by atoms with Crippen LogP contribution in [-0.4, -0.2) is 27.9 Å². The topological polar surface area (TPSA) is 102 Å². The quantitative estimate of drug-likeness (QED) is 0.267. The predicted molar refractivity (Wildman–Crippen MR) is 150 cm³/mol. The summed E-state index contributed by atoms with van der Waals surface area (Å²) in [6, 6.07) is 18.7. The van der Waals surface area contributed by atoms with Gasteiger partial charge >= 0.3 is 0 Å². The van der Waals surface area contributed by atoms with Gasteiger partial charge in [0.05, 0.1) is 16.4 Å². The standard InChI is InChI=1S/C28H27BrClN5O2/c1-35-24-9-3-18(26(36)33-21-6-4-20(29)5-7-21)13-23(24)34-25(35)14-19-12-17(2-8-22(19)30)15-32-27(37)28(16-31)10-11-28/h2-9,12-13H,10-11,14-16,31H2,1H3,(H,32,37)(H,33,36). The molecule has 1 aliphatic rings. The molecule has 0 unspecified atom stereocenters. The van der Waals surface area contributed by atoms with Crippen molar-refractivity contribution in [2.45, 2.75) is 25.8 Å². The molecule has 1 saturated carbocycles. The largest absolute Gasteiger partial charge is 0.352 e. The number of anilines is 1. The number of imidazole rings is 1. The third kappa shape index (κ3) is 5.42. The maximum absolute atomic E-state index is 12.8. The van der Waals surface area contributed by atoms with Crippen molar-refractivity contribution in [2.75, 3.05) is 11.9 Å². The van der Waals surface area contributed by atoms with E-state index in [1.807, 2.05) is 60.1 Å². The van der Waals surface area contributed by atoms with Gasteiger partial charge in [-0.1, -0.05) is 39.7 Å². The second-order valence-electron chi connectivity index (χ2n) is 9.52. The lowest BCUT2D eigenvalue weighted by atomic mass is 10.1. The Bertz CT molecular complexity index is 1490. The summed E-state index contributed by atoms with van der Waals surface area (Å²) >= 11 is 9.92. The number of carbonyl (C=O) groups is 2. The average Bonchev–Trinajstić information content (AvgIpc) is 3.65. The Labute approximate surface area is 228 Å². The summed E-state index contributed by atoms with van der Waals surface area (Å²) in [6.07, 6.45) is 2.21. The first kappa shape index (κ1) is 25.4. The van der Waals surface area contributed by atoms with Crippen molar-refractivity contribution in [1.82, 2.24) is 14.9 Å². The van der Waals surface area contributed by atoms with E-state index in [9.17, 15) is 9.59 Å². The molecule has 190 valence electrons. The van der Waals surface area contributed by atoms with Gasteiger partial charge in [-0.05, 0) is 72.5 Å². The summed E-state index contributed by atoms with van der Waals surface area (Å²) in [4.78, 5) is 30.0. The van der Waals surface area contributed by atoms with Crippen LogP contribution in [0.2, 0.25) is 5.02 Å². The van der Waals surface area contributed by atoms with E-state index in [1.54, 1.807) is 12.1 Å². The molecule has 4 aromatic rings. The number of nitrogens with one attached hydrogen (secondary N) is 2. The first-order valence-electron chi connectivity index (χ1n) is 12.1. The highest BCUT2D eigenvalue weighted by Crippen LogP contribution is 2.44. The Balaban J connectivity index is 1.32. The second-order valence-corrected chi connectivity index (χ2v) is 10.8. The Morgan fingerprint density at radius 3 is 2.57 bits per heavy atom. The van der Waals surface area contributed by atoms with E-state index in [0.717, 1.165) is 51.0 Å². The molecule has 37 heavy (non-hydrogen) atoms. The van der Waals surface area contributed by atoms with E-state index in [4.69, 9.17) is 22.3 Å². The van der Waals surface area contributed by atoms with Crippen LogP contribution in [0.15, 0.2) is 65.1 Å². The number of halogens is 2. The van der Waals surface area contributed by atoms with Crippen LogP contribution in [0.5, 0.6) is 0 Å². The number of aryl methyl sites for hydroxylation is 1. The molecule has 0 saturated heterocycles. The summed E-state index contributed by atoms with van der Waals surface area (Å²) in [5, 5.41) is 6.56. The minimum atomic E-state index is -0.379. The summed E-state index contributed by atoms with van der Waals surface area (Å²) in [7, 11) is 1.95. The fourth-order valence-corrected chi connectivity index (χ4v) is 4.82. The van der Waals surface area contributed by atoms with E-state index in [2.05, 4.69) is 26.6 Å². The van der Waals surface area contributed by atoms with E-state index >= 15 is 0 Å². The smallest absolute Gasteiger partial charge is 0.255 e. The molecule has 7 nitrogen and oxygen atoms in total. The molecule has 1 aliphatic carbocycles. The Hall–Kier alpha value is -3.20. The number of benzene rings is 3. The van der Waals surface area contributed by atoms with Crippen molar-refractivity contribution >= 4 is 56.1 Å². The number of hydrogen-bond donors (Lipinski definition) is 3. The van der Waals surface area contributed by atoms with Crippen molar-refractivity contribution in [1.29, 1.82) is 0 Å². The molecule has 5 rings (SSSR count). The van der Waals surface area contributed by atoms with Crippen LogP contribution in [0.4, 0.5) is 5.69 Å². The van der Waals surface area contributed by atoms with Crippen LogP contribution in [-0.2, 0) is 24.8 Å². The number of hydrogen-bond acceptors (Lipinski definition) is 4. The lowest BCUT2D eigenvalue weighted by Gasteiger charge is -2.14. The second kappa shape index (κ2) is 10.3. The third-order valence-electron chi connectivity index (χ3n) is 6.98. The van der Waals surface area contributed by atoms with Crippen molar-refractivity contribution in [2.24, 2.45) is 18.2 Å². The van der Waals surface area contributed by atoms with Gasteiger partial charge < -0.3 is 20.9 Å². The first-order valence-corrected chi connectivity index (χ1v) is 13.2. The fraction of sp³-hybridized carbons (Fsp3) is 0.250. The lowest BCUT2D eigenvalue weighted by molar-refractivity contribution is -0.126. The fourth-order valence-electron chi connectivity index (χ4n) is 4.37. The number of amides is 2. The monoisotopic (exact) mass is 579 g/mol. The van der Waals surface area contributed by atoms with Gasteiger partial charge in [-0.25, -0.2) is 4.98 Å². The maximum Gasteiger partial charge on any atom is 0.255 e. The molecular formula is C28H27BrClN5O2. The molecule has 0 radical (unpaired) electrons. The molecule has 1 fully saturated rings. The van der Waals surface area contributed by atoms with Crippen molar-refractivity contribution < 1.29 is 9.59 Å². The lowest BCUT2D eigenvalue weighted by Crippen LogP contribution is -2.36. The number of fused-ring (bicyclic) bond motifs is 1. The molecular weight excluding hydrogens is 554 g/mol. The van der Waals surface area contributed by atoms with Crippen LogP contribution in [0.25, 0.3) is 11.0 Å². The average molecular weight is 581 g/mol. The Kier molecular flexibility index (Phi) is 7.07. The summed E-state index contributed by atoms with van der Waals surface area (Å²) in [5.74, 6) is 0.641. The van der Waals surface area contributed by atoms with Crippen LogP contribution in [0.1, 0.15) is 40.2 Å². The van der Waals surface area contributed by atoms with Crippen LogP contribution in [0.3, 0.4) is 0 Å². The van der Waals surface area contributed by atoms with E-state index < -0.39 is 0 Å². The highest BCUT2D eigenvalue weighted by Gasteiger charge is 2.48. The maximum atomic E-state index is 12.8. The normalized spacial score (nSPS) is 13.9. The van der Waals surface area contributed by atoms with Gasteiger partial charge in [0.1, 0.15) is 5.82 Å². The summed E-state index contributed by atoms with van der Waals surface area (Å²) in [5.41, 5.74) is 10.2. The third-order valence-corrected chi connectivity index (χ3v) is 7.87. The van der Waals surface area contributed by atoms with Gasteiger partial charge in [0, 0.05) is 47.3 Å². The SMILES string of the molecule is Cn1c(Cc2cc(CNC(=O)C3(CN)CC3)ccc2Cl)nc2cc(C(=O)Nc3ccc(Br)cc3)ccc21. The molecule has 2 amide bonds. The zero-order valence-corrected chi connectivity index (χ0v) is 22.7. The Morgan fingerprint density at radius 2 is 1.86 bits per heavy atom. The molecule has 4 N–H and O–H groups in total. The first-order chi connectivity index (χ1) is 17.8. The van der Waals surface area contributed by atoms with Crippen LogP contribution < -0.4 is 16.4 Å². The van der Waals surface area contributed by atoms with Crippen LogP contribution in [0, 0.1) is 5.41 Å². The van der Waals surface area contributed by atoms with Gasteiger partial charge in [-0.3, -0.25) is 9.59 Å². The van der Waals surface area contributed by atoms with Crippen molar-refractivity contribution in [3.8, 4) is 0 Å². The minimum Gasteiger partial charge on any atom is -0.352 e. The molecule has 1 heterocycles. The van der Waals surface area contributed by atoms with E-state index in [0.29, 0.717) is 30.1 Å². The van der Waals surface area contributed by atoms with Gasteiger partial charge in [-0.2, -0.15) is 0 Å². The van der Waals surface area contributed by atoms with Crippen molar-refractivity contribution in [3.63, 3.8) is 0 Å². The highest BCUT2D eigenvalue weighted by molar-refractivity contribution is 9.10. The van der Waals surface area contributed by atoms with E-state index in [-0.39, 0.29) is 17.2 Å². The van der Waals surface area contributed by atoms with Crippen molar-refractivity contribution in [3.05, 3.63) is 92.7 Å². The number of aromatic nitrogens is 2. The van der Waals surface area contributed by atoms with Gasteiger partial charge in [0.25, 0.3) is 5.91 Å². The van der Waals surface area contributed by atoms with Gasteiger partial charge in [-0.15, -0.1) is 0 Å².